The summed E-state index contributed by atoms with van der Waals surface area (Å²) in [5.41, 5.74) is 5.25. The van der Waals surface area contributed by atoms with Gasteiger partial charge in [0.15, 0.2) is 5.54 Å². The van der Waals surface area contributed by atoms with E-state index in [0.29, 0.717) is 11.4 Å². The van der Waals surface area contributed by atoms with Crippen molar-refractivity contribution < 1.29 is 4.74 Å². The van der Waals surface area contributed by atoms with Crippen molar-refractivity contribution in [1.29, 1.82) is 0 Å². The minimum absolute atomic E-state index is 0.158. The number of hydrogen-bond donors (Lipinski definition) is 0. The van der Waals surface area contributed by atoms with Gasteiger partial charge < -0.3 is 5.21 Å². The molecule has 0 spiro atoms. The second kappa shape index (κ2) is 9.04. The number of hydrogen-bond acceptors (Lipinski definition) is 6. The van der Waals surface area contributed by atoms with Crippen molar-refractivity contribution in [2.75, 3.05) is 0 Å². The van der Waals surface area contributed by atoms with Crippen LogP contribution in [0.15, 0.2) is 4.99 Å². The molecule has 166 valence electrons. The number of hydroxylamine groups is 1. The van der Waals surface area contributed by atoms with Crippen LogP contribution in [0.3, 0.4) is 0 Å². The first-order valence-corrected chi connectivity index (χ1v) is 10.4. The summed E-state index contributed by atoms with van der Waals surface area (Å²) < 4.78 is 0.908. The van der Waals surface area contributed by atoms with Gasteiger partial charge in [-0.1, -0.05) is 0 Å². The summed E-state index contributed by atoms with van der Waals surface area (Å²) in [6, 6.07) is 0. The Balaban J connectivity index is 2.35. The van der Waals surface area contributed by atoms with Crippen LogP contribution in [-0.4, -0.2) is 48.2 Å². The molecule has 0 bridgehead atoms. The van der Waals surface area contributed by atoms with Crippen molar-refractivity contribution in [2.24, 2.45) is 4.99 Å². The zero-order valence-electron chi connectivity index (χ0n) is 20.4. The topological polar surface area (TPSA) is 90.0 Å². The van der Waals surface area contributed by atoms with Crippen molar-refractivity contribution >= 4 is 24.6 Å². The highest BCUT2D eigenvalue weighted by Crippen LogP contribution is 2.15. The van der Waals surface area contributed by atoms with E-state index in [1.54, 1.807) is 6.21 Å². The van der Waals surface area contributed by atoms with Crippen molar-refractivity contribution in [3.8, 4) is 0 Å². The molecule has 7 heteroatoms. The first-order chi connectivity index (χ1) is 14.2. The Hall–Kier alpha value is -2.96. The number of nitrogens with zero attached hydrogens (tertiary/aromatic N) is 6. The molecule has 31 heavy (non-hydrogen) atoms. The summed E-state index contributed by atoms with van der Waals surface area (Å²) >= 11 is 0. The fourth-order valence-corrected chi connectivity index (χ4v) is 2.55. The lowest BCUT2D eigenvalue weighted by molar-refractivity contribution is -0.530. The molecule has 0 N–H and O–H groups in total. The minimum atomic E-state index is -0.529. The van der Waals surface area contributed by atoms with Crippen LogP contribution < -0.4 is 0 Å². The summed E-state index contributed by atoms with van der Waals surface area (Å²) in [6.07, 6.45) is 7.07. The first-order valence-electron chi connectivity index (χ1n) is 10.4. The lowest BCUT2D eigenvalue weighted by atomic mass is 10.1. The molecule has 0 atom stereocenters. The largest absolute Gasteiger partial charge is 0.623 e. The zero-order chi connectivity index (χ0) is 23.6. The van der Waals surface area contributed by atoms with Gasteiger partial charge >= 0.3 is 0 Å². The highest BCUT2D eigenvalue weighted by molar-refractivity contribution is 5.79. The van der Waals surface area contributed by atoms with E-state index in [-0.39, 0.29) is 5.54 Å². The Kier molecular flexibility index (Phi) is 7.09. The maximum atomic E-state index is 12.2. The van der Waals surface area contributed by atoms with Crippen LogP contribution in [0.5, 0.6) is 0 Å². The predicted molar refractivity (Wildman–Crippen MR) is 128 cm³/mol. The van der Waals surface area contributed by atoms with Gasteiger partial charge in [-0.3, -0.25) is 4.99 Å². The van der Waals surface area contributed by atoms with E-state index in [1.165, 1.54) is 6.21 Å². The van der Waals surface area contributed by atoms with Crippen LogP contribution in [0.4, 0.5) is 0 Å². The number of aliphatic imine (C=N–C) groups is 1. The standard InChI is InChI=1S/C24H34N6O/c1-15-19(26-17(3)21(28-15)13-25-23(5,6)7)11-12-20-16(2)29-22(18(4)27-20)14-30(31)24(8,9)10/h11-14H,1-10H3/b12-11+,25-13?,30-14-. The van der Waals surface area contributed by atoms with E-state index in [1.807, 2.05) is 81.4 Å². The monoisotopic (exact) mass is 422 g/mol. The molecule has 0 aliphatic rings. The lowest BCUT2D eigenvalue weighted by Crippen LogP contribution is -2.29. The molecule has 0 aliphatic carbocycles. The fourth-order valence-electron chi connectivity index (χ4n) is 2.55. The van der Waals surface area contributed by atoms with Gasteiger partial charge in [0.25, 0.3) is 0 Å². The Labute approximate surface area is 185 Å². The average molecular weight is 423 g/mol. The second-order valence-corrected chi connectivity index (χ2v) is 9.72. The van der Waals surface area contributed by atoms with Crippen LogP contribution >= 0.6 is 0 Å². The van der Waals surface area contributed by atoms with Crippen molar-refractivity contribution in [1.82, 2.24) is 19.9 Å². The van der Waals surface area contributed by atoms with E-state index < -0.39 is 5.54 Å². The van der Waals surface area contributed by atoms with Gasteiger partial charge in [-0.2, -0.15) is 0 Å². The summed E-state index contributed by atoms with van der Waals surface area (Å²) in [5, 5.41) is 12.2. The van der Waals surface area contributed by atoms with Gasteiger partial charge in [-0.15, -0.1) is 0 Å². The van der Waals surface area contributed by atoms with Gasteiger partial charge in [0, 0.05) is 27.0 Å². The second-order valence-electron chi connectivity index (χ2n) is 9.72. The third kappa shape index (κ3) is 6.77. The van der Waals surface area contributed by atoms with Crippen LogP contribution in [0.25, 0.3) is 12.2 Å². The summed E-state index contributed by atoms with van der Waals surface area (Å²) in [7, 11) is 0. The molecule has 0 radical (unpaired) electrons. The van der Waals surface area contributed by atoms with E-state index in [2.05, 4.69) is 24.9 Å². The summed E-state index contributed by atoms with van der Waals surface area (Å²) in [5.74, 6) is 0. The summed E-state index contributed by atoms with van der Waals surface area (Å²) in [6.45, 7) is 19.3. The van der Waals surface area contributed by atoms with Crippen LogP contribution in [0.1, 0.15) is 87.1 Å². The molecule has 0 amide bonds. The van der Waals surface area contributed by atoms with Crippen LogP contribution in [-0.2, 0) is 0 Å². The molecule has 0 saturated heterocycles. The SMILES string of the molecule is Cc1nc(/C=C/c2nc(C)c(/C=[N+](\[O-])C(C)(C)C)nc2C)c(C)nc1C=NC(C)(C)C. The Morgan fingerprint density at radius 2 is 1.06 bits per heavy atom. The molecule has 2 aromatic rings. The number of rotatable bonds is 4. The Bertz CT molecular complexity index is 1050. The molecule has 0 saturated carbocycles. The third-order valence-electron chi connectivity index (χ3n) is 4.51. The van der Waals surface area contributed by atoms with E-state index >= 15 is 0 Å². The molecule has 0 fully saturated rings. The fraction of sp³-hybridized carbons (Fsp3) is 0.500. The van der Waals surface area contributed by atoms with Crippen molar-refractivity contribution in [3.05, 3.63) is 50.8 Å². The zero-order valence-corrected chi connectivity index (χ0v) is 20.4. The lowest BCUT2D eigenvalue weighted by Gasteiger charge is -2.18. The Morgan fingerprint density at radius 3 is 1.52 bits per heavy atom. The molecule has 2 aromatic heterocycles. The van der Waals surface area contributed by atoms with Gasteiger partial charge in [0.05, 0.1) is 39.7 Å². The van der Waals surface area contributed by atoms with Gasteiger partial charge in [-0.05, 0) is 60.6 Å². The highest BCUT2D eigenvalue weighted by atomic mass is 16.5. The summed E-state index contributed by atoms with van der Waals surface area (Å²) in [4.78, 5) is 23.1. The molecular weight excluding hydrogens is 388 g/mol. The average Bonchev–Trinajstić information content (AvgIpc) is 2.62. The molecule has 2 heterocycles. The Morgan fingerprint density at radius 1 is 0.677 bits per heavy atom. The normalized spacial score (nSPS) is 13.5. The van der Waals surface area contributed by atoms with E-state index in [9.17, 15) is 5.21 Å². The van der Waals surface area contributed by atoms with E-state index in [4.69, 9.17) is 0 Å². The van der Waals surface area contributed by atoms with Gasteiger partial charge in [0.2, 0.25) is 6.21 Å². The molecule has 0 aliphatic heterocycles. The first kappa shape index (κ1) is 24.3. The van der Waals surface area contributed by atoms with Crippen LogP contribution in [0.2, 0.25) is 0 Å². The van der Waals surface area contributed by atoms with E-state index in [0.717, 1.165) is 38.9 Å². The maximum Gasteiger partial charge on any atom is 0.202 e. The number of aryl methyl sites for hydroxylation is 4. The van der Waals surface area contributed by atoms with Crippen molar-refractivity contribution in [2.45, 2.75) is 80.3 Å². The molecule has 7 nitrogen and oxygen atoms in total. The molecule has 0 aromatic carbocycles. The smallest absolute Gasteiger partial charge is 0.202 e. The molecule has 0 unspecified atom stereocenters. The number of aromatic nitrogens is 4. The third-order valence-corrected chi connectivity index (χ3v) is 4.51. The van der Waals surface area contributed by atoms with Gasteiger partial charge in [-0.25, -0.2) is 24.7 Å². The van der Waals surface area contributed by atoms with Crippen molar-refractivity contribution in [3.63, 3.8) is 0 Å². The quantitative estimate of drug-likeness (QED) is 0.310. The highest BCUT2D eigenvalue weighted by Gasteiger charge is 2.19. The molecule has 2 rings (SSSR count). The minimum Gasteiger partial charge on any atom is -0.623 e. The maximum absolute atomic E-state index is 12.2. The predicted octanol–water partition coefficient (Wildman–Crippen LogP) is 4.62. The van der Waals surface area contributed by atoms with Crippen LogP contribution in [0, 0.1) is 32.9 Å². The molecular formula is C24H34N6O. The van der Waals surface area contributed by atoms with Gasteiger partial charge in [0.1, 0.15) is 11.4 Å².